The van der Waals surface area contributed by atoms with Gasteiger partial charge in [0.15, 0.2) is 0 Å². The molecule has 8 aromatic carbocycles. The lowest BCUT2D eigenvalue weighted by Gasteiger charge is -2.26. The molecule has 0 N–H and O–H groups in total. The first-order chi connectivity index (χ1) is 23.3. The van der Waals surface area contributed by atoms with E-state index < -0.39 is 0 Å². The van der Waals surface area contributed by atoms with Gasteiger partial charge in [-0.1, -0.05) is 103 Å². The molecule has 0 aliphatic heterocycles. The number of rotatable bonds is 4. The molecule has 0 amide bonds. The zero-order valence-electron chi connectivity index (χ0n) is 25.4. The van der Waals surface area contributed by atoms with Gasteiger partial charge in [-0.05, 0) is 93.3 Å². The molecule has 3 heteroatoms. The fraction of sp³-hybridized carbons (Fsp3) is 0. The number of hydrogen-bond donors (Lipinski definition) is 0. The van der Waals surface area contributed by atoms with Crippen LogP contribution in [0.25, 0.3) is 74.8 Å². The van der Waals surface area contributed by atoms with Gasteiger partial charge >= 0.3 is 0 Å². The average Bonchev–Trinajstić information content (AvgIpc) is 3.70. The maximum absolute atomic E-state index is 6.21. The second kappa shape index (κ2) is 10.3. The predicted molar refractivity (Wildman–Crippen MR) is 202 cm³/mol. The summed E-state index contributed by atoms with van der Waals surface area (Å²) in [4.78, 5) is 2.39. The third-order valence-electron chi connectivity index (χ3n) is 9.45. The van der Waals surface area contributed by atoms with Crippen molar-refractivity contribution in [3.05, 3.63) is 164 Å². The van der Waals surface area contributed by atoms with Crippen LogP contribution in [0.3, 0.4) is 0 Å². The number of benzene rings is 8. The van der Waals surface area contributed by atoms with Crippen molar-refractivity contribution in [3.63, 3.8) is 0 Å². The molecule has 0 saturated carbocycles. The Balaban J connectivity index is 1.17. The van der Waals surface area contributed by atoms with Gasteiger partial charge in [0.1, 0.15) is 11.2 Å². The Morgan fingerprint density at radius 2 is 1.02 bits per heavy atom. The highest BCUT2D eigenvalue weighted by molar-refractivity contribution is 7.25. The molecule has 2 nitrogen and oxygen atoms in total. The Morgan fingerprint density at radius 3 is 1.89 bits per heavy atom. The van der Waals surface area contributed by atoms with Crippen LogP contribution in [0.1, 0.15) is 0 Å². The van der Waals surface area contributed by atoms with Gasteiger partial charge in [0.05, 0.1) is 0 Å². The molecule has 0 spiro atoms. The van der Waals surface area contributed by atoms with E-state index in [1.165, 1.54) is 47.3 Å². The first kappa shape index (κ1) is 26.3. The van der Waals surface area contributed by atoms with Gasteiger partial charge in [-0.15, -0.1) is 11.3 Å². The summed E-state index contributed by atoms with van der Waals surface area (Å²) in [6.45, 7) is 0. The maximum Gasteiger partial charge on any atom is 0.136 e. The maximum atomic E-state index is 6.21. The fourth-order valence-corrected chi connectivity index (χ4v) is 8.32. The van der Waals surface area contributed by atoms with E-state index in [9.17, 15) is 0 Å². The second-order valence-corrected chi connectivity index (χ2v) is 13.2. The number of hydrogen-bond acceptors (Lipinski definition) is 3. The van der Waals surface area contributed by atoms with E-state index in [-0.39, 0.29) is 0 Å². The van der Waals surface area contributed by atoms with Gasteiger partial charge in [0, 0.05) is 48.0 Å². The monoisotopic (exact) mass is 617 g/mol. The van der Waals surface area contributed by atoms with Crippen LogP contribution in [0.2, 0.25) is 0 Å². The summed E-state index contributed by atoms with van der Waals surface area (Å²) in [5.74, 6) is 0. The average molecular weight is 618 g/mol. The minimum Gasteiger partial charge on any atom is -0.456 e. The van der Waals surface area contributed by atoms with E-state index in [1.807, 2.05) is 23.5 Å². The van der Waals surface area contributed by atoms with E-state index >= 15 is 0 Å². The molecule has 0 unspecified atom stereocenters. The largest absolute Gasteiger partial charge is 0.456 e. The molecule has 0 radical (unpaired) electrons. The number of fused-ring (bicyclic) bond motifs is 9. The second-order valence-electron chi connectivity index (χ2n) is 12.1. The van der Waals surface area contributed by atoms with Crippen molar-refractivity contribution in [2.75, 3.05) is 4.90 Å². The third-order valence-corrected chi connectivity index (χ3v) is 10.6. The summed E-state index contributed by atoms with van der Waals surface area (Å²) < 4.78 is 8.82. The standard InChI is InChI=1S/C44H27NOS/c1-2-9-34-28(8-1)16-17-30-20-23-32(26-38(30)34)45(33-24-25-43-39(27-33)36-10-4-6-15-42(36)47-43)31-21-18-29(19-22-31)35-12-7-14-41-44(35)37-11-3-5-13-40(37)46-41/h1-27H. The Morgan fingerprint density at radius 1 is 0.404 bits per heavy atom. The molecule has 0 aliphatic rings. The molecular weight excluding hydrogens is 591 g/mol. The molecule has 2 aromatic heterocycles. The summed E-state index contributed by atoms with van der Waals surface area (Å²) in [6, 6.07) is 59.2. The van der Waals surface area contributed by atoms with Crippen LogP contribution >= 0.6 is 11.3 Å². The summed E-state index contributed by atoms with van der Waals surface area (Å²) in [7, 11) is 0. The van der Waals surface area contributed by atoms with Crippen LogP contribution in [-0.4, -0.2) is 0 Å². The molecule has 0 bridgehead atoms. The number of furan rings is 1. The zero-order valence-corrected chi connectivity index (χ0v) is 26.2. The number of anilines is 3. The fourth-order valence-electron chi connectivity index (χ4n) is 7.23. The molecular formula is C44H27NOS. The Bertz CT molecular complexity index is 2810. The van der Waals surface area contributed by atoms with Crippen LogP contribution in [-0.2, 0) is 0 Å². The van der Waals surface area contributed by atoms with Crippen molar-refractivity contribution >= 4 is 92.1 Å². The number of para-hydroxylation sites is 1. The molecule has 10 rings (SSSR count). The van der Waals surface area contributed by atoms with Gasteiger partial charge in [-0.3, -0.25) is 0 Å². The smallest absolute Gasteiger partial charge is 0.136 e. The van der Waals surface area contributed by atoms with Crippen molar-refractivity contribution < 1.29 is 4.42 Å². The highest BCUT2D eigenvalue weighted by Gasteiger charge is 2.17. The van der Waals surface area contributed by atoms with E-state index in [0.29, 0.717) is 0 Å². The van der Waals surface area contributed by atoms with Gasteiger partial charge in [0.2, 0.25) is 0 Å². The summed E-state index contributed by atoms with van der Waals surface area (Å²) in [5, 5.41) is 9.89. The van der Waals surface area contributed by atoms with Gasteiger partial charge in [-0.25, -0.2) is 0 Å². The highest BCUT2D eigenvalue weighted by atomic mass is 32.1. The molecule has 0 aliphatic carbocycles. The molecule has 10 aromatic rings. The van der Waals surface area contributed by atoms with Gasteiger partial charge in [-0.2, -0.15) is 0 Å². The number of thiophene rings is 1. The van der Waals surface area contributed by atoms with Crippen LogP contribution in [0, 0.1) is 0 Å². The van der Waals surface area contributed by atoms with E-state index in [4.69, 9.17) is 4.42 Å². The minimum absolute atomic E-state index is 0.911. The Kier molecular flexibility index (Phi) is 5.78. The molecule has 0 fully saturated rings. The lowest BCUT2D eigenvalue weighted by molar-refractivity contribution is 0.669. The lowest BCUT2D eigenvalue weighted by atomic mass is 9.98. The molecule has 220 valence electrons. The van der Waals surface area contributed by atoms with Crippen LogP contribution in [0.4, 0.5) is 17.1 Å². The Hall–Kier alpha value is -5.90. The molecule has 0 atom stereocenters. The topological polar surface area (TPSA) is 16.4 Å². The van der Waals surface area contributed by atoms with E-state index in [0.717, 1.165) is 44.6 Å². The van der Waals surface area contributed by atoms with Crippen LogP contribution < -0.4 is 4.90 Å². The van der Waals surface area contributed by atoms with Crippen LogP contribution in [0.15, 0.2) is 168 Å². The van der Waals surface area contributed by atoms with E-state index in [1.54, 1.807) is 0 Å². The molecule has 2 heterocycles. The summed E-state index contributed by atoms with van der Waals surface area (Å²) >= 11 is 1.85. The first-order valence-electron chi connectivity index (χ1n) is 15.9. The predicted octanol–water partition coefficient (Wildman–Crippen LogP) is 13.4. The minimum atomic E-state index is 0.911. The summed E-state index contributed by atoms with van der Waals surface area (Å²) in [6.07, 6.45) is 0. The van der Waals surface area contributed by atoms with Gasteiger partial charge in [0.25, 0.3) is 0 Å². The first-order valence-corrected chi connectivity index (χ1v) is 16.7. The highest BCUT2D eigenvalue weighted by Crippen LogP contribution is 2.43. The van der Waals surface area contributed by atoms with Crippen molar-refractivity contribution in [2.24, 2.45) is 0 Å². The molecule has 47 heavy (non-hydrogen) atoms. The number of nitrogens with zero attached hydrogens (tertiary/aromatic N) is 1. The van der Waals surface area contributed by atoms with Crippen molar-refractivity contribution in [1.29, 1.82) is 0 Å². The van der Waals surface area contributed by atoms with Crippen molar-refractivity contribution in [2.45, 2.75) is 0 Å². The van der Waals surface area contributed by atoms with Crippen LogP contribution in [0.5, 0.6) is 0 Å². The third kappa shape index (κ3) is 4.17. The van der Waals surface area contributed by atoms with Crippen molar-refractivity contribution in [3.8, 4) is 11.1 Å². The normalized spacial score (nSPS) is 11.8. The quantitative estimate of drug-likeness (QED) is 0.183. The zero-order chi connectivity index (χ0) is 30.9. The molecule has 0 saturated heterocycles. The van der Waals surface area contributed by atoms with E-state index in [2.05, 4.69) is 157 Å². The Labute approximate surface area is 275 Å². The van der Waals surface area contributed by atoms with Gasteiger partial charge < -0.3 is 9.32 Å². The van der Waals surface area contributed by atoms with Crippen molar-refractivity contribution in [1.82, 2.24) is 0 Å². The lowest BCUT2D eigenvalue weighted by Crippen LogP contribution is -2.09. The SMILES string of the molecule is c1ccc2c(c1)ccc1ccc(N(c3ccc(-c4cccc5oc6ccccc6c45)cc3)c3ccc4sc5ccccc5c4c3)cc12. The summed E-state index contributed by atoms with van der Waals surface area (Å²) in [5.41, 5.74) is 7.53.